The van der Waals surface area contributed by atoms with Gasteiger partial charge in [-0.1, -0.05) is 6.07 Å². The van der Waals surface area contributed by atoms with Crippen LogP contribution in [-0.4, -0.2) is 23.5 Å². The van der Waals surface area contributed by atoms with Crippen molar-refractivity contribution in [1.82, 2.24) is 10.3 Å². The number of aromatic nitrogens is 1. The molecular formula is C15H17N3O. The summed E-state index contributed by atoms with van der Waals surface area (Å²) < 4.78 is 0. The summed E-state index contributed by atoms with van der Waals surface area (Å²) in [6, 6.07) is 10.2. The summed E-state index contributed by atoms with van der Waals surface area (Å²) in [4.78, 5) is 15.9. The minimum absolute atomic E-state index is 0.133. The molecule has 2 aromatic rings. The van der Waals surface area contributed by atoms with Crippen LogP contribution in [0.2, 0.25) is 0 Å². The molecule has 1 aromatic carbocycles. The SMILES string of the molecule is O=C1CC(Nc2cccc3ncccc23)CCCN1. The molecule has 1 aliphatic heterocycles. The van der Waals surface area contributed by atoms with Crippen LogP contribution in [-0.2, 0) is 4.79 Å². The van der Waals surface area contributed by atoms with Gasteiger partial charge in [0.05, 0.1) is 5.52 Å². The highest BCUT2D eigenvalue weighted by Gasteiger charge is 2.17. The lowest BCUT2D eigenvalue weighted by atomic mass is 10.1. The van der Waals surface area contributed by atoms with Crippen molar-refractivity contribution in [2.24, 2.45) is 0 Å². The van der Waals surface area contributed by atoms with Gasteiger partial charge in [-0.25, -0.2) is 0 Å². The van der Waals surface area contributed by atoms with Crippen molar-refractivity contribution in [2.75, 3.05) is 11.9 Å². The van der Waals surface area contributed by atoms with Crippen molar-refractivity contribution < 1.29 is 4.79 Å². The van der Waals surface area contributed by atoms with E-state index in [2.05, 4.69) is 21.7 Å². The number of carbonyl (C=O) groups excluding carboxylic acids is 1. The van der Waals surface area contributed by atoms with Crippen molar-refractivity contribution in [1.29, 1.82) is 0 Å². The van der Waals surface area contributed by atoms with Crippen LogP contribution in [0.5, 0.6) is 0 Å². The van der Waals surface area contributed by atoms with Gasteiger partial charge in [0.2, 0.25) is 5.91 Å². The predicted octanol–water partition coefficient (Wildman–Crippen LogP) is 2.32. The highest BCUT2D eigenvalue weighted by Crippen LogP contribution is 2.23. The molecule has 0 spiro atoms. The van der Waals surface area contributed by atoms with Crippen molar-refractivity contribution >= 4 is 22.5 Å². The fourth-order valence-corrected chi connectivity index (χ4v) is 2.55. The third kappa shape index (κ3) is 2.67. The second-order valence-electron chi connectivity index (χ2n) is 4.91. The summed E-state index contributed by atoms with van der Waals surface area (Å²) in [5, 5.41) is 7.51. The van der Waals surface area contributed by atoms with Gasteiger partial charge < -0.3 is 10.6 Å². The predicted molar refractivity (Wildman–Crippen MR) is 76.0 cm³/mol. The van der Waals surface area contributed by atoms with E-state index in [-0.39, 0.29) is 11.9 Å². The maximum absolute atomic E-state index is 11.6. The molecule has 1 unspecified atom stereocenters. The smallest absolute Gasteiger partial charge is 0.222 e. The number of nitrogens with zero attached hydrogens (tertiary/aromatic N) is 1. The maximum Gasteiger partial charge on any atom is 0.222 e. The van der Waals surface area contributed by atoms with E-state index in [9.17, 15) is 4.79 Å². The molecule has 4 nitrogen and oxygen atoms in total. The molecule has 2 heterocycles. The van der Waals surface area contributed by atoms with Gasteiger partial charge in [-0.2, -0.15) is 0 Å². The lowest BCUT2D eigenvalue weighted by Crippen LogP contribution is -2.26. The van der Waals surface area contributed by atoms with Crippen LogP contribution in [0.1, 0.15) is 19.3 Å². The largest absolute Gasteiger partial charge is 0.381 e. The van der Waals surface area contributed by atoms with Gasteiger partial charge in [0, 0.05) is 36.3 Å². The lowest BCUT2D eigenvalue weighted by molar-refractivity contribution is -0.120. The van der Waals surface area contributed by atoms with Gasteiger partial charge in [-0.3, -0.25) is 9.78 Å². The number of hydrogen-bond donors (Lipinski definition) is 2. The van der Waals surface area contributed by atoms with Gasteiger partial charge in [0.15, 0.2) is 0 Å². The molecule has 1 amide bonds. The Morgan fingerprint density at radius 2 is 2.21 bits per heavy atom. The summed E-state index contributed by atoms with van der Waals surface area (Å²) in [6.07, 6.45) is 4.36. The van der Waals surface area contributed by atoms with Gasteiger partial charge >= 0.3 is 0 Å². The van der Waals surface area contributed by atoms with Crippen molar-refractivity contribution in [3.05, 3.63) is 36.5 Å². The molecule has 0 aliphatic carbocycles. The minimum atomic E-state index is 0.133. The van der Waals surface area contributed by atoms with E-state index in [0.29, 0.717) is 6.42 Å². The first-order valence-corrected chi connectivity index (χ1v) is 6.70. The molecule has 3 rings (SSSR count). The molecule has 19 heavy (non-hydrogen) atoms. The molecule has 1 aliphatic rings. The summed E-state index contributed by atoms with van der Waals surface area (Å²) in [5.74, 6) is 0.133. The van der Waals surface area contributed by atoms with E-state index in [0.717, 1.165) is 36.0 Å². The van der Waals surface area contributed by atoms with E-state index in [1.807, 2.05) is 24.3 Å². The Balaban J connectivity index is 1.86. The number of pyridine rings is 1. The summed E-state index contributed by atoms with van der Waals surface area (Å²) >= 11 is 0. The second-order valence-corrected chi connectivity index (χ2v) is 4.91. The molecule has 1 atom stereocenters. The minimum Gasteiger partial charge on any atom is -0.381 e. The zero-order chi connectivity index (χ0) is 13.1. The zero-order valence-corrected chi connectivity index (χ0v) is 10.7. The van der Waals surface area contributed by atoms with Crippen LogP contribution < -0.4 is 10.6 Å². The second kappa shape index (κ2) is 5.26. The third-order valence-electron chi connectivity index (χ3n) is 3.49. The quantitative estimate of drug-likeness (QED) is 0.866. The number of anilines is 1. The number of rotatable bonds is 2. The van der Waals surface area contributed by atoms with Crippen LogP contribution in [0.25, 0.3) is 10.9 Å². The molecule has 4 heteroatoms. The van der Waals surface area contributed by atoms with E-state index in [1.165, 1.54) is 0 Å². The average Bonchev–Trinajstić information content (AvgIpc) is 2.63. The monoisotopic (exact) mass is 255 g/mol. The number of nitrogens with one attached hydrogen (secondary N) is 2. The molecule has 1 aromatic heterocycles. The zero-order valence-electron chi connectivity index (χ0n) is 10.7. The highest BCUT2D eigenvalue weighted by molar-refractivity contribution is 5.91. The summed E-state index contributed by atoms with van der Waals surface area (Å²) in [5.41, 5.74) is 2.04. The van der Waals surface area contributed by atoms with Crippen molar-refractivity contribution in [2.45, 2.75) is 25.3 Å². The molecule has 2 N–H and O–H groups in total. The van der Waals surface area contributed by atoms with Crippen LogP contribution in [0, 0.1) is 0 Å². The van der Waals surface area contributed by atoms with E-state index >= 15 is 0 Å². The molecular weight excluding hydrogens is 238 g/mol. The number of hydrogen-bond acceptors (Lipinski definition) is 3. The van der Waals surface area contributed by atoms with Crippen molar-refractivity contribution in [3.8, 4) is 0 Å². The topological polar surface area (TPSA) is 54.0 Å². The number of benzene rings is 1. The normalized spacial score (nSPS) is 19.8. The van der Waals surface area contributed by atoms with Crippen molar-refractivity contribution in [3.63, 3.8) is 0 Å². The van der Waals surface area contributed by atoms with Crippen LogP contribution in [0.3, 0.4) is 0 Å². The Morgan fingerprint density at radius 3 is 3.16 bits per heavy atom. The standard InChI is InChI=1S/C15H17N3O/c19-15-10-11(4-2-9-17-15)18-14-7-1-6-13-12(14)5-3-8-16-13/h1,3,5-8,11,18H,2,4,9-10H2,(H,17,19). The highest BCUT2D eigenvalue weighted by atomic mass is 16.1. The molecule has 1 saturated heterocycles. The third-order valence-corrected chi connectivity index (χ3v) is 3.49. The van der Waals surface area contributed by atoms with Gasteiger partial charge in [-0.05, 0) is 37.1 Å². The fraction of sp³-hybridized carbons (Fsp3) is 0.333. The van der Waals surface area contributed by atoms with E-state index in [4.69, 9.17) is 0 Å². The van der Waals surface area contributed by atoms with Crippen LogP contribution in [0.15, 0.2) is 36.5 Å². The Bertz CT molecular complexity index is 591. The Morgan fingerprint density at radius 1 is 1.26 bits per heavy atom. The fourth-order valence-electron chi connectivity index (χ4n) is 2.55. The Labute approximate surface area is 112 Å². The molecule has 1 fully saturated rings. The first-order chi connectivity index (χ1) is 9.33. The number of amides is 1. The van der Waals surface area contributed by atoms with Gasteiger partial charge in [-0.15, -0.1) is 0 Å². The van der Waals surface area contributed by atoms with Crippen LogP contribution >= 0.6 is 0 Å². The van der Waals surface area contributed by atoms with Gasteiger partial charge in [0.1, 0.15) is 0 Å². The molecule has 0 radical (unpaired) electrons. The summed E-state index contributed by atoms with van der Waals surface area (Å²) in [7, 11) is 0. The van der Waals surface area contributed by atoms with Crippen LogP contribution in [0.4, 0.5) is 5.69 Å². The Kier molecular flexibility index (Phi) is 3.31. The number of carbonyl (C=O) groups is 1. The lowest BCUT2D eigenvalue weighted by Gasteiger charge is -2.17. The van der Waals surface area contributed by atoms with E-state index in [1.54, 1.807) is 6.20 Å². The maximum atomic E-state index is 11.6. The van der Waals surface area contributed by atoms with Gasteiger partial charge in [0.25, 0.3) is 0 Å². The molecule has 0 bridgehead atoms. The molecule has 98 valence electrons. The first kappa shape index (κ1) is 12.0. The van der Waals surface area contributed by atoms with E-state index < -0.39 is 0 Å². The average molecular weight is 255 g/mol. The molecule has 0 saturated carbocycles. The number of fused-ring (bicyclic) bond motifs is 1. The first-order valence-electron chi connectivity index (χ1n) is 6.70. The summed E-state index contributed by atoms with van der Waals surface area (Å²) in [6.45, 7) is 0.786. The Hall–Kier alpha value is -2.10.